The van der Waals surface area contributed by atoms with Gasteiger partial charge in [0.2, 0.25) is 5.78 Å². The van der Waals surface area contributed by atoms with Gasteiger partial charge in [-0.25, -0.2) is 0 Å². The standard InChI is InChI=1S/C21H23NO4/c1-13-8-14(2)11-22(10-13)12-17-18(23)6-5-16-20(24)19(26-21(16)17)9-15-4-3-7-25-15/h3-7,9,13-14,23H,8,10-12H2,1-2H3/p+1/b19-9-/t13-,14-/m0/s1. The van der Waals surface area contributed by atoms with Crippen molar-refractivity contribution in [3.8, 4) is 11.5 Å². The van der Waals surface area contributed by atoms with Gasteiger partial charge in [-0.3, -0.25) is 4.79 Å². The Bertz CT molecular complexity index is 843. The van der Waals surface area contributed by atoms with Gasteiger partial charge in [-0.1, -0.05) is 13.8 Å². The summed E-state index contributed by atoms with van der Waals surface area (Å²) in [6, 6.07) is 6.77. The van der Waals surface area contributed by atoms with E-state index < -0.39 is 0 Å². The topological polar surface area (TPSA) is 64.1 Å². The van der Waals surface area contributed by atoms with Crippen LogP contribution in [-0.4, -0.2) is 24.0 Å². The Hall–Kier alpha value is -2.53. The Morgan fingerprint density at radius 1 is 1.23 bits per heavy atom. The van der Waals surface area contributed by atoms with Crippen LogP contribution >= 0.6 is 0 Å². The highest BCUT2D eigenvalue weighted by atomic mass is 16.5. The predicted molar refractivity (Wildman–Crippen MR) is 97.1 cm³/mol. The summed E-state index contributed by atoms with van der Waals surface area (Å²) >= 11 is 0. The third kappa shape index (κ3) is 3.15. The summed E-state index contributed by atoms with van der Waals surface area (Å²) < 4.78 is 11.2. The molecular formula is C21H24NO4+. The Morgan fingerprint density at radius 2 is 2.00 bits per heavy atom. The summed E-state index contributed by atoms with van der Waals surface area (Å²) in [6.07, 6.45) is 4.40. The third-order valence-corrected chi connectivity index (χ3v) is 5.24. The van der Waals surface area contributed by atoms with E-state index in [1.807, 2.05) is 0 Å². The molecule has 1 fully saturated rings. The van der Waals surface area contributed by atoms with Crippen LogP contribution in [0.5, 0.6) is 11.5 Å². The first-order valence-corrected chi connectivity index (χ1v) is 9.17. The number of rotatable bonds is 3. The number of aromatic hydroxyl groups is 1. The average molecular weight is 354 g/mol. The second-order valence-corrected chi connectivity index (χ2v) is 7.68. The van der Waals surface area contributed by atoms with Gasteiger partial charge < -0.3 is 19.2 Å². The minimum atomic E-state index is -0.173. The molecule has 0 bridgehead atoms. The maximum Gasteiger partial charge on any atom is 0.232 e. The van der Waals surface area contributed by atoms with Crippen LogP contribution in [0.25, 0.3) is 6.08 Å². The molecule has 1 saturated heterocycles. The van der Waals surface area contributed by atoms with E-state index in [0.717, 1.165) is 18.7 Å². The van der Waals surface area contributed by atoms with E-state index in [0.29, 0.717) is 35.5 Å². The fourth-order valence-electron chi connectivity index (χ4n) is 4.29. The molecule has 1 aromatic heterocycles. The number of allylic oxidation sites excluding steroid dienone is 1. The van der Waals surface area contributed by atoms with Crippen LogP contribution in [0.2, 0.25) is 0 Å². The number of phenolic OH excluding ortho intramolecular Hbond substituents is 1. The summed E-state index contributed by atoms with van der Waals surface area (Å²) in [4.78, 5) is 14.1. The number of furan rings is 1. The third-order valence-electron chi connectivity index (χ3n) is 5.24. The van der Waals surface area contributed by atoms with Gasteiger partial charge in [0, 0.05) is 17.9 Å². The molecule has 1 aromatic carbocycles. The number of hydrogen-bond acceptors (Lipinski definition) is 4. The highest BCUT2D eigenvalue weighted by Crippen LogP contribution is 2.39. The van der Waals surface area contributed by atoms with E-state index in [9.17, 15) is 9.90 Å². The molecule has 2 atom stereocenters. The normalized spacial score (nSPS) is 26.8. The summed E-state index contributed by atoms with van der Waals surface area (Å²) in [6.45, 7) is 7.34. The van der Waals surface area contributed by atoms with E-state index in [2.05, 4.69) is 13.8 Å². The molecule has 0 spiro atoms. The molecule has 2 aliphatic heterocycles. The number of piperidine rings is 1. The van der Waals surface area contributed by atoms with E-state index in [1.54, 1.807) is 36.6 Å². The highest BCUT2D eigenvalue weighted by molar-refractivity contribution is 6.14. The van der Waals surface area contributed by atoms with Crippen molar-refractivity contribution in [1.29, 1.82) is 0 Å². The van der Waals surface area contributed by atoms with Gasteiger partial charge in [-0.15, -0.1) is 0 Å². The van der Waals surface area contributed by atoms with Gasteiger partial charge in [0.05, 0.1) is 30.5 Å². The smallest absolute Gasteiger partial charge is 0.232 e. The van der Waals surface area contributed by atoms with Crippen molar-refractivity contribution >= 4 is 11.9 Å². The van der Waals surface area contributed by atoms with E-state index in [4.69, 9.17) is 9.15 Å². The monoisotopic (exact) mass is 354 g/mol. The first kappa shape index (κ1) is 16.9. The molecule has 0 radical (unpaired) electrons. The number of phenols is 1. The number of likely N-dealkylation sites (tertiary alicyclic amines) is 1. The number of hydrogen-bond donors (Lipinski definition) is 2. The number of carbonyl (C=O) groups excluding carboxylic acids is 1. The van der Waals surface area contributed by atoms with Crippen molar-refractivity contribution in [2.24, 2.45) is 11.8 Å². The molecular weight excluding hydrogens is 330 g/mol. The summed E-state index contributed by atoms with van der Waals surface area (Å²) in [7, 11) is 0. The van der Waals surface area contributed by atoms with Crippen LogP contribution in [0.1, 0.15) is 41.9 Å². The first-order chi connectivity index (χ1) is 12.5. The largest absolute Gasteiger partial charge is 0.507 e. The lowest BCUT2D eigenvalue weighted by Crippen LogP contribution is -3.13. The molecule has 26 heavy (non-hydrogen) atoms. The summed E-state index contributed by atoms with van der Waals surface area (Å²) in [5.41, 5.74) is 1.23. The van der Waals surface area contributed by atoms with Crippen molar-refractivity contribution in [3.63, 3.8) is 0 Å². The minimum Gasteiger partial charge on any atom is -0.507 e. The van der Waals surface area contributed by atoms with Crippen molar-refractivity contribution in [1.82, 2.24) is 0 Å². The van der Waals surface area contributed by atoms with Gasteiger partial charge in [-0.05, 0) is 30.7 Å². The maximum absolute atomic E-state index is 12.7. The van der Waals surface area contributed by atoms with Crippen LogP contribution in [0, 0.1) is 11.8 Å². The molecule has 2 N–H and O–H groups in total. The number of fused-ring (bicyclic) bond motifs is 1. The zero-order valence-electron chi connectivity index (χ0n) is 15.1. The Labute approximate surface area is 152 Å². The lowest BCUT2D eigenvalue weighted by molar-refractivity contribution is -0.925. The van der Waals surface area contributed by atoms with Gasteiger partial charge in [0.15, 0.2) is 11.5 Å². The second-order valence-electron chi connectivity index (χ2n) is 7.68. The molecule has 136 valence electrons. The molecule has 0 saturated carbocycles. The van der Waals surface area contributed by atoms with Crippen LogP contribution in [-0.2, 0) is 6.54 Å². The van der Waals surface area contributed by atoms with E-state index in [1.165, 1.54) is 11.3 Å². The van der Waals surface area contributed by atoms with Gasteiger partial charge in [0.1, 0.15) is 18.1 Å². The Morgan fingerprint density at radius 3 is 2.69 bits per heavy atom. The van der Waals surface area contributed by atoms with Crippen LogP contribution in [0.3, 0.4) is 0 Å². The molecule has 3 heterocycles. The number of carbonyl (C=O) groups is 1. The maximum atomic E-state index is 12.7. The van der Waals surface area contributed by atoms with Gasteiger partial charge in [-0.2, -0.15) is 0 Å². The quantitative estimate of drug-likeness (QED) is 0.832. The molecule has 5 heteroatoms. The second kappa shape index (κ2) is 6.65. The first-order valence-electron chi connectivity index (χ1n) is 9.17. The number of nitrogens with one attached hydrogen (secondary N) is 1. The SMILES string of the molecule is C[C@H]1C[C@H](C)C[NH+](Cc2c(O)ccc3c2O/C(=C\c2ccco2)C3=O)C1. The Kier molecular flexibility index (Phi) is 4.32. The molecule has 0 aliphatic carbocycles. The van der Waals surface area contributed by atoms with E-state index >= 15 is 0 Å². The summed E-state index contributed by atoms with van der Waals surface area (Å²) in [5, 5.41) is 10.4. The van der Waals surface area contributed by atoms with Gasteiger partial charge in [0.25, 0.3) is 0 Å². The van der Waals surface area contributed by atoms with Crippen molar-refractivity contribution in [2.45, 2.75) is 26.8 Å². The number of ether oxygens (including phenoxy) is 1. The molecule has 4 rings (SSSR count). The Balaban J connectivity index is 1.64. The zero-order chi connectivity index (χ0) is 18.3. The number of ketones is 1. The number of quaternary nitrogens is 1. The molecule has 2 aliphatic rings. The lowest BCUT2D eigenvalue weighted by atomic mass is 9.91. The average Bonchev–Trinajstić information content (AvgIpc) is 3.19. The highest BCUT2D eigenvalue weighted by Gasteiger charge is 2.34. The molecule has 5 nitrogen and oxygen atoms in total. The van der Waals surface area contributed by atoms with Gasteiger partial charge >= 0.3 is 0 Å². The zero-order valence-corrected chi connectivity index (χ0v) is 15.1. The lowest BCUT2D eigenvalue weighted by Gasteiger charge is -2.32. The predicted octanol–water partition coefficient (Wildman–Crippen LogP) is 2.66. The number of Topliss-reactive ketones (excluding diaryl/α,β-unsaturated/α-hetero) is 1. The molecule has 0 unspecified atom stereocenters. The summed E-state index contributed by atoms with van der Waals surface area (Å²) in [5.74, 6) is 2.62. The van der Waals surface area contributed by atoms with E-state index in [-0.39, 0.29) is 17.3 Å². The van der Waals surface area contributed by atoms with Crippen LogP contribution in [0.15, 0.2) is 40.7 Å². The van der Waals surface area contributed by atoms with Crippen LogP contribution in [0.4, 0.5) is 0 Å². The fraction of sp³-hybridized carbons (Fsp3) is 0.381. The molecule has 0 amide bonds. The van der Waals surface area contributed by atoms with Crippen molar-refractivity contribution in [2.75, 3.05) is 13.1 Å². The fourth-order valence-corrected chi connectivity index (χ4v) is 4.29. The van der Waals surface area contributed by atoms with Crippen molar-refractivity contribution < 1.29 is 24.0 Å². The minimum absolute atomic E-state index is 0.173. The van der Waals surface area contributed by atoms with Crippen LogP contribution < -0.4 is 9.64 Å². The molecule has 2 aromatic rings. The number of benzene rings is 1. The van der Waals surface area contributed by atoms with Crippen molar-refractivity contribution in [3.05, 3.63) is 53.2 Å².